The Balaban J connectivity index is 1.09. The average molecular weight is 686 g/mol. The van der Waals surface area contributed by atoms with Gasteiger partial charge in [-0.05, 0) is 122 Å². The molecule has 0 atom stereocenters. The molecule has 0 aliphatic carbocycles. The number of carbonyl (C=O) groups excluding carboxylic acids is 2. The Bertz CT molecular complexity index is 1670. The van der Waals surface area contributed by atoms with E-state index in [4.69, 9.17) is 0 Å². The molecule has 0 saturated carbocycles. The van der Waals surface area contributed by atoms with Gasteiger partial charge >= 0.3 is 0 Å². The lowest BCUT2D eigenvalue weighted by atomic mass is 9.87. The van der Waals surface area contributed by atoms with Gasteiger partial charge in [-0.15, -0.1) is 0 Å². The van der Waals surface area contributed by atoms with E-state index < -0.39 is 0 Å². The number of phenols is 1. The first-order chi connectivity index (χ1) is 25.0. The lowest BCUT2D eigenvalue weighted by Gasteiger charge is -2.33. The summed E-state index contributed by atoms with van der Waals surface area (Å²) in [5, 5.41) is 13.2. The minimum Gasteiger partial charge on any atom is -0.508 e. The summed E-state index contributed by atoms with van der Waals surface area (Å²) >= 11 is 0. The Morgan fingerprint density at radius 2 is 1.37 bits per heavy atom. The molecule has 0 bridgehead atoms. The van der Waals surface area contributed by atoms with Gasteiger partial charge in [0.15, 0.2) is 0 Å². The molecule has 0 radical (unpaired) electrons. The second-order valence-corrected chi connectivity index (χ2v) is 14.7. The maximum absolute atomic E-state index is 14.0. The fraction of sp³-hybridized carbons (Fsp3) is 0.422. The number of carbonyl (C=O) groups is 2. The largest absolute Gasteiger partial charge is 0.508 e. The molecule has 4 aromatic carbocycles. The molecule has 0 aromatic heterocycles. The van der Waals surface area contributed by atoms with E-state index in [0.29, 0.717) is 25.9 Å². The van der Waals surface area contributed by atoms with Crippen molar-refractivity contribution in [3.05, 3.63) is 125 Å². The highest BCUT2D eigenvalue weighted by Crippen LogP contribution is 2.30. The first kappa shape index (κ1) is 36.4. The topological polar surface area (TPSA) is 72.9 Å². The van der Waals surface area contributed by atoms with Crippen molar-refractivity contribution < 1.29 is 14.7 Å². The third-order valence-corrected chi connectivity index (χ3v) is 11.0. The van der Waals surface area contributed by atoms with Crippen molar-refractivity contribution in [2.75, 3.05) is 32.7 Å². The smallest absolute Gasteiger partial charge is 0.254 e. The number of amides is 2. The molecule has 2 N–H and O–H groups in total. The fourth-order valence-electron chi connectivity index (χ4n) is 7.90. The van der Waals surface area contributed by atoms with Crippen molar-refractivity contribution in [1.29, 1.82) is 0 Å². The van der Waals surface area contributed by atoms with Gasteiger partial charge in [0.25, 0.3) is 5.91 Å². The zero-order chi connectivity index (χ0) is 35.3. The van der Waals surface area contributed by atoms with Crippen LogP contribution >= 0.6 is 0 Å². The molecular weight excluding hydrogens is 631 g/mol. The van der Waals surface area contributed by atoms with Gasteiger partial charge in [0.2, 0.25) is 5.91 Å². The lowest BCUT2D eigenvalue weighted by Crippen LogP contribution is -2.38. The highest BCUT2D eigenvalue weighted by atomic mass is 16.3. The Labute approximate surface area is 304 Å². The summed E-state index contributed by atoms with van der Waals surface area (Å²) in [6, 6.07) is 33.9. The zero-order valence-electron chi connectivity index (χ0n) is 30.1. The molecule has 2 fully saturated rings. The van der Waals surface area contributed by atoms with Gasteiger partial charge < -0.3 is 20.2 Å². The maximum Gasteiger partial charge on any atom is 0.254 e. The standard InChI is InChI=1S/C45H55N3O3/c49-41-21-19-38(20-22-41)27-32-48(44(50)18-8-13-35-9-2-1-3-10-35)34-39-14-7-15-40(33-39)42-16-4-5-17-43(42)45(51)47-30-25-37(26-31-47)12-6-11-36-23-28-46-29-24-36/h1-5,7,9-10,14-17,19-22,33,36-37,46,49H,6,8,11-13,18,23-32,34H2. The minimum absolute atomic E-state index is 0.119. The summed E-state index contributed by atoms with van der Waals surface area (Å²) < 4.78 is 0. The molecule has 2 heterocycles. The molecule has 2 amide bonds. The molecule has 2 aliphatic rings. The Morgan fingerprint density at radius 1 is 0.706 bits per heavy atom. The molecular formula is C45H55N3O3. The first-order valence-corrected chi connectivity index (χ1v) is 19.3. The molecule has 6 rings (SSSR count). The number of aromatic hydroxyl groups is 1. The second-order valence-electron chi connectivity index (χ2n) is 14.7. The molecule has 6 nitrogen and oxygen atoms in total. The minimum atomic E-state index is 0.119. The number of phenolic OH excluding ortho intramolecular Hbond substituents is 1. The zero-order valence-corrected chi connectivity index (χ0v) is 30.1. The van der Waals surface area contributed by atoms with Crippen LogP contribution in [0.4, 0.5) is 0 Å². The number of piperidine rings is 2. The summed E-state index contributed by atoms with van der Waals surface area (Å²) in [7, 11) is 0. The Morgan fingerprint density at radius 3 is 2.14 bits per heavy atom. The van der Waals surface area contributed by atoms with E-state index in [-0.39, 0.29) is 17.6 Å². The van der Waals surface area contributed by atoms with E-state index in [1.807, 2.05) is 59.5 Å². The highest BCUT2D eigenvalue weighted by Gasteiger charge is 2.26. The van der Waals surface area contributed by atoms with E-state index in [2.05, 4.69) is 46.6 Å². The number of nitrogens with zero attached hydrogens (tertiary/aromatic N) is 2. The number of aryl methyl sites for hydroxylation is 1. The van der Waals surface area contributed by atoms with Crippen LogP contribution in [0.2, 0.25) is 0 Å². The van der Waals surface area contributed by atoms with Gasteiger partial charge in [-0.1, -0.05) is 98.1 Å². The van der Waals surface area contributed by atoms with Gasteiger partial charge in [-0.25, -0.2) is 0 Å². The molecule has 2 aliphatic heterocycles. The summed E-state index contributed by atoms with van der Waals surface area (Å²) in [5.41, 5.74) is 6.06. The number of hydrogen-bond donors (Lipinski definition) is 2. The van der Waals surface area contributed by atoms with E-state index in [1.54, 1.807) is 12.1 Å². The fourth-order valence-corrected chi connectivity index (χ4v) is 7.90. The summed E-state index contributed by atoms with van der Waals surface area (Å²) in [5.74, 6) is 2.11. The third-order valence-electron chi connectivity index (χ3n) is 11.0. The van der Waals surface area contributed by atoms with E-state index >= 15 is 0 Å². The van der Waals surface area contributed by atoms with Crippen LogP contribution in [0.15, 0.2) is 103 Å². The molecule has 6 heteroatoms. The SMILES string of the molecule is O=C(CCCc1ccccc1)N(CCc1ccc(O)cc1)Cc1cccc(-c2ccccc2C(=O)N2CCC(CCCC3CCNCC3)CC2)c1. The molecule has 2 saturated heterocycles. The molecule has 0 unspecified atom stereocenters. The lowest BCUT2D eigenvalue weighted by molar-refractivity contribution is -0.131. The summed E-state index contributed by atoms with van der Waals surface area (Å²) in [4.78, 5) is 31.7. The van der Waals surface area contributed by atoms with Crippen molar-refractivity contribution in [3.63, 3.8) is 0 Å². The Hall–Kier alpha value is -4.42. The van der Waals surface area contributed by atoms with Crippen LogP contribution in [0.1, 0.15) is 84.8 Å². The first-order valence-electron chi connectivity index (χ1n) is 19.3. The molecule has 268 valence electrons. The van der Waals surface area contributed by atoms with Crippen molar-refractivity contribution in [2.45, 2.75) is 77.2 Å². The highest BCUT2D eigenvalue weighted by molar-refractivity contribution is 6.01. The second kappa shape index (κ2) is 18.7. The van der Waals surface area contributed by atoms with Crippen LogP contribution < -0.4 is 5.32 Å². The van der Waals surface area contributed by atoms with Crippen LogP contribution in [-0.2, 0) is 24.2 Å². The molecule has 51 heavy (non-hydrogen) atoms. The third kappa shape index (κ3) is 10.8. The van der Waals surface area contributed by atoms with Crippen LogP contribution in [-0.4, -0.2) is 59.4 Å². The van der Waals surface area contributed by atoms with Crippen molar-refractivity contribution in [3.8, 4) is 16.9 Å². The predicted molar refractivity (Wildman–Crippen MR) is 207 cm³/mol. The maximum atomic E-state index is 14.0. The van der Waals surface area contributed by atoms with Crippen molar-refractivity contribution >= 4 is 11.8 Å². The van der Waals surface area contributed by atoms with Crippen LogP contribution in [0.25, 0.3) is 11.1 Å². The number of nitrogens with one attached hydrogen (secondary N) is 1. The average Bonchev–Trinajstić information content (AvgIpc) is 3.18. The quantitative estimate of drug-likeness (QED) is 0.131. The van der Waals surface area contributed by atoms with E-state index in [1.165, 1.54) is 50.8 Å². The Kier molecular flexibility index (Phi) is 13.3. The molecule has 4 aromatic rings. The van der Waals surface area contributed by atoms with Gasteiger partial charge in [-0.2, -0.15) is 0 Å². The molecule has 0 spiro atoms. The number of benzene rings is 4. The van der Waals surface area contributed by atoms with Gasteiger partial charge in [0, 0.05) is 38.2 Å². The summed E-state index contributed by atoms with van der Waals surface area (Å²) in [6.45, 7) is 5.08. The van der Waals surface area contributed by atoms with Crippen molar-refractivity contribution in [2.24, 2.45) is 11.8 Å². The van der Waals surface area contributed by atoms with Crippen LogP contribution in [0, 0.1) is 11.8 Å². The number of hydrogen-bond acceptors (Lipinski definition) is 4. The van der Waals surface area contributed by atoms with Gasteiger partial charge in [-0.3, -0.25) is 9.59 Å². The number of likely N-dealkylation sites (tertiary alicyclic amines) is 1. The van der Waals surface area contributed by atoms with Crippen LogP contribution in [0.3, 0.4) is 0 Å². The van der Waals surface area contributed by atoms with Crippen molar-refractivity contribution in [1.82, 2.24) is 15.1 Å². The van der Waals surface area contributed by atoms with Crippen LogP contribution in [0.5, 0.6) is 5.75 Å². The normalized spacial score (nSPS) is 15.5. The predicted octanol–water partition coefficient (Wildman–Crippen LogP) is 8.68. The van der Waals surface area contributed by atoms with E-state index in [0.717, 1.165) is 78.4 Å². The summed E-state index contributed by atoms with van der Waals surface area (Å²) in [6.07, 6.45) is 11.6. The monoisotopic (exact) mass is 685 g/mol. The van der Waals surface area contributed by atoms with Gasteiger partial charge in [0.05, 0.1) is 0 Å². The van der Waals surface area contributed by atoms with Gasteiger partial charge in [0.1, 0.15) is 5.75 Å². The van der Waals surface area contributed by atoms with E-state index in [9.17, 15) is 14.7 Å². The number of rotatable bonds is 15.